The summed E-state index contributed by atoms with van der Waals surface area (Å²) in [5.41, 5.74) is -3.00. The summed E-state index contributed by atoms with van der Waals surface area (Å²) < 4.78 is 145. The molecule has 2 aliphatic heterocycles. The summed E-state index contributed by atoms with van der Waals surface area (Å²) in [6.45, 7) is 3.39. The molecule has 372 valence electrons. The van der Waals surface area contributed by atoms with Crippen LogP contribution in [-0.4, -0.2) is 96.1 Å². The molecule has 26 heteroatoms. The summed E-state index contributed by atoms with van der Waals surface area (Å²) in [5, 5.41) is 18.9. The minimum Gasteiger partial charge on any atom is -0.462 e. The molecule has 0 bridgehead atoms. The molecule has 1 atom stereocenters. The average Bonchev–Trinajstić information content (AvgIpc) is 3.24. The van der Waals surface area contributed by atoms with Gasteiger partial charge >= 0.3 is 24.0 Å². The summed E-state index contributed by atoms with van der Waals surface area (Å²) in [6.07, 6.45) is -7.71. The molecule has 0 saturated carbocycles. The van der Waals surface area contributed by atoms with Gasteiger partial charge in [0.1, 0.15) is 35.6 Å². The molecular weight excluding hydrogens is 979 g/mol. The summed E-state index contributed by atoms with van der Waals surface area (Å²) in [7, 11) is -7.95. The summed E-state index contributed by atoms with van der Waals surface area (Å²) in [5.74, 6) is -12.4. The van der Waals surface area contributed by atoms with E-state index in [1.54, 1.807) is 66.4 Å². The van der Waals surface area contributed by atoms with E-state index >= 15 is 0 Å². The van der Waals surface area contributed by atoms with Crippen LogP contribution in [0.1, 0.15) is 81.3 Å². The van der Waals surface area contributed by atoms with Crippen LogP contribution in [0.25, 0.3) is 0 Å². The smallest absolute Gasteiger partial charge is 0.459 e. The summed E-state index contributed by atoms with van der Waals surface area (Å²) in [4.78, 5) is 59.2. The van der Waals surface area contributed by atoms with Crippen molar-refractivity contribution in [2.45, 2.75) is 50.5 Å². The average molecular weight is 1020 g/mol. The number of hydrogen-bond acceptors (Lipinski definition) is 16. The molecule has 0 aliphatic carbocycles. The van der Waals surface area contributed by atoms with Gasteiger partial charge < -0.3 is 19.3 Å². The quantitative estimate of drug-likeness (QED) is 0.109. The number of nitrogens with zero attached hydrogens (tertiary/aromatic N) is 6. The lowest BCUT2D eigenvalue weighted by molar-refractivity contribution is -0.291. The van der Waals surface area contributed by atoms with Crippen LogP contribution in [-0.2, 0) is 56.5 Å². The largest absolute Gasteiger partial charge is 0.462 e. The number of halogens is 6. The minimum atomic E-state index is -6.11. The zero-order valence-electron chi connectivity index (χ0n) is 37.2. The minimum absolute atomic E-state index is 0.0259. The third-order valence-electron chi connectivity index (χ3n) is 10.3. The van der Waals surface area contributed by atoms with Gasteiger partial charge in [-0.25, -0.2) is 40.8 Å². The molecule has 4 heterocycles. The predicted molar refractivity (Wildman–Crippen MR) is 235 cm³/mol. The second-order valence-electron chi connectivity index (χ2n) is 15.5. The number of carbonyl (C=O) groups is 4. The first-order chi connectivity index (χ1) is 32.8. The topological polar surface area (TPSA) is 259 Å². The summed E-state index contributed by atoms with van der Waals surface area (Å²) in [6, 6.07) is 21.7. The fourth-order valence-corrected chi connectivity index (χ4v) is 9.20. The second kappa shape index (κ2) is 22.0. The molecular formula is C44H42F6N8O10S2. The van der Waals surface area contributed by atoms with E-state index in [0.717, 1.165) is 4.90 Å². The normalized spacial score (nSPS) is 14.6. The zero-order chi connectivity index (χ0) is 51.8. The lowest BCUT2D eigenvalue weighted by Crippen LogP contribution is -2.55. The van der Waals surface area contributed by atoms with Crippen molar-refractivity contribution in [3.63, 3.8) is 0 Å². The number of amides is 2. The molecule has 1 unspecified atom stereocenters. The molecule has 2 aromatic heterocycles. The standard InChI is InChI=1S/C22H19F5N4O5S.C22H23FN4O5S/c1-2-36-20(33)16-8-14(9-28)18(29-17(16)21(23,24)22(25,26)27)31-10-15(11-31)19(32)30-37(34,35)12-13-6-4-3-5-7-13;1-3-32-22(29)18-9-16(10-24)20(25-19(18)14(2)23)27-11-17(12-27)21(28)26-33(30,31)13-15-7-5-4-6-8-15/h3-8,15H,2,10-12H2,1H3,(H,30,32);4-9,14,17H,3,11-13H2,1-2H3,(H,26,28). The van der Waals surface area contributed by atoms with Gasteiger partial charge in [-0.05, 0) is 44.0 Å². The lowest BCUT2D eigenvalue weighted by Gasteiger charge is -2.39. The Morgan fingerprint density at radius 3 is 1.46 bits per heavy atom. The number of esters is 2. The van der Waals surface area contributed by atoms with E-state index in [4.69, 9.17) is 4.74 Å². The number of nitriles is 2. The van der Waals surface area contributed by atoms with Crippen LogP contribution in [0.15, 0.2) is 72.8 Å². The number of anilines is 2. The number of hydrogen-bond donors (Lipinski definition) is 2. The van der Waals surface area contributed by atoms with Gasteiger partial charge in [0.05, 0.1) is 64.5 Å². The van der Waals surface area contributed by atoms with Crippen molar-refractivity contribution in [3.8, 4) is 12.1 Å². The maximum atomic E-state index is 14.3. The number of pyridine rings is 2. The Labute approximate surface area is 397 Å². The highest BCUT2D eigenvalue weighted by atomic mass is 32.2. The molecule has 70 heavy (non-hydrogen) atoms. The number of ether oxygens (including phenoxy) is 2. The number of nitrogens with one attached hydrogen (secondary N) is 2. The van der Waals surface area contributed by atoms with Gasteiger partial charge in [-0.2, -0.15) is 32.5 Å². The van der Waals surface area contributed by atoms with E-state index in [1.165, 1.54) is 32.0 Å². The number of alkyl halides is 6. The van der Waals surface area contributed by atoms with Gasteiger partial charge in [0.2, 0.25) is 31.9 Å². The van der Waals surface area contributed by atoms with E-state index in [2.05, 4.69) is 19.4 Å². The van der Waals surface area contributed by atoms with E-state index < -0.39 is 102 Å². The van der Waals surface area contributed by atoms with Crippen LogP contribution in [0.5, 0.6) is 0 Å². The lowest BCUT2D eigenvalue weighted by atomic mass is 9.97. The molecule has 18 nitrogen and oxygen atoms in total. The number of benzene rings is 2. The zero-order valence-corrected chi connectivity index (χ0v) is 38.8. The fraction of sp³-hybridized carbons (Fsp3) is 0.364. The third-order valence-corrected chi connectivity index (χ3v) is 12.8. The van der Waals surface area contributed by atoms with Gasteiger partial charge in [0.15, 0.2) is 0 Å². The van der Waals surface area contributed by atoms with Crippen molar-refractivity contribution in [1.82, 2.24) is 19.4 Å². The SMILES string of the molecule is CCOC(=O)c1cc(C#N)c(N2CC(C(=O)NS(=O)(=O)Cc3ccccc3)C2)nc1C(C)F.CCOC(=O)c1cc(C#N)c(N2CC(C(=O)NS(=O)(=O)Cc3ccccc3)C2)nc1C(F)(F)C(F)(F)F. The van der Waals surface area contributed by atoms with Gasteiger partial charge in [-0.15, -0.1) is 0 Å². The van der Waals surface area contributed by atoms with Gasteiger partial charge in [-0.1, -0.05) is 60.7 Å². The molecule has 2 N–H and O–H groups in total. The van der Waals surface area contributed by atoms with Crippen molar-refractivity contribution in [1.29, 1.82) is 10.5 Å². The van der Waals surface area contributed by atoms with Crippen LogP contribution in [0.2, 0.25) is 0 Å². The molecule has 6 rings (SSSR count). The van der Waals surface area contributed by atoms with E-state index in [0.29, 0.717) is 17.2 Å². The molecule has 4 aromatic rings. The fourth-order valence-electron chi connectivity index (χ4n) is 6.85. The Balaban J connectivity index is 0.000000262. The van der Waals surface area contributed by atoms with Crippen molar-refractivity contribution in [3.05, 3.63) is 118 Å². The Bertz CT molecular complexity index is 2920. The van der Waals surface area contributed by atoms with Crippen molar-refractivity contribution in [2.75, 3.05) is 49.2 Å². The van der Waals surface area contributed by atoms with Gasteiger partial charge in [0, 0.05) is 26.2 Å². The molecule has 2 saturated heterocycles. The summed E-state index contributed by atoms with van der Waals surface area (Å²) >= 11 is 0. The van der Waals surface area contributed by atoms with Crippen LogP contribution in [0.3, 0.4) is 0 Å². The predicted octanol–water partition coefficient (Wildman–Crippen LogP) is 5.11. The number of carbonyl (C=O) groups excluding carboxylic acids is 4. The Morgan fingerprint density at radius 1 is 0.700 bits per heavy atom. The maximum absolute atomic E-state index is 14.3. The van der Waals surface area contributed by atoms with Crippen molar-refractivity contribution >= 4 is 55.4 Å². The Kier molecular flexibility index (Phi) is 16.8. The maximum Gasteiger partial charge on any atom is 0.459 e. The second-order valence-corrected chi connectivity index (χ2v) is 19.0. The third kappa shape index (κ3) is 12.9. The van der Waals surface area contributed by atoms with Crippen LogP contribution >= 0.6 is 0 Å². The highest BCUT2D eigenvalue weighted by Crippen LogP contribution is 2.46. The number of rotatable bonds is 16. The number of aromatic nitrogens is 2. The highest BCUT2D eigenvalue weighted by Gasteiger charge is 2.62. The number of sulfonamides is 2. The van der Waals surface area contributed by atoms with Gasteiger partial charge in [-0.3, -0.25) is 19.0 Å². The van der Waals surface area contributed by atoms with Crippen LogP contribution in [0, 0.1) is 34.5 Å². The Morgan fingerprint density at radius 2 is 1.09 bits per heavy atom. The van der Waals surface area contributed by atoms with Crippen LogP contribution < -0.4 is 19.2 Å². The van der Waals surface area contributed by atoms with Crippen LogP contribution in [0.4, 0.5) is 38.0 Å². The monoisotopic (exact) mass is 1020 g/mol. The van der Waals surface area contributed by atoms with Crippen molar-refractivity contribution < 1.29 is 71.8 Å². The van der Waals surface area contributed by atoms with E-state index in [9.17, 15) is 72.9 Å². The Hall–Kier alpha value is -7.32. The van der Waals surface area contributed by atoms with E-state index in [1.807, 2.05) is 10.8 Å². The molecule has 2 amide bonds. The first-order valence-corrected chi connectivity index (χ1v) is 24.1. The molecule has 0 radical (unpaired) electrons. The molecule has 2 aromatic carbocycles. The molecule has 0 spiro atoms. The first-order valence-electron chi connectivity index (χ1n) is 20.8. The molecule has 2 aliphatic rings. The van der Waals surface area contributed by atoms with Gasteiger partial charge in [0.25, 0.3) is 0 Å². The highest BCUT2D eigenvalue weighted by molar-refractivity contribution is 7.89. The molecule has 2 fully saturated rings. The van der Waals surface area contributed by atoms with Crippen molar-refractivity contribution in [2.24, 2.45) is 11.8 Å². The van der Waals surface area contributed by atoms with E-state index in [-0.39, 0.29) is 67.8 Å². The first kappa shape index (κ1) is 53.6.